The van der Waals surface area contributed by atoms with E-state index in [0.717, 1.165) is 19.3 Å². The molecule has 4 N–H and O–H groups in total. The molecule has 0 aliphatic heterocycles. The van der Waals surface area contributed by atoms with Gasteiger partial charge in [0.2, 0.25) is 5.91 Å². The Labute approximate surface area is 96.6 Å². The summed E-state index contributed by atoms with van der Waals surface area (Å²) < 4.78 is 0. The molecule has 0 heterocycles. The summed E-state index contributed by atoms with van der Waals surface area (Å²) in [5.74, 6) is 0.474. The fraction of sp³-hybridized carbons (Fsp3) is 0.917. The smallest absolute Gasteiger partial charge is 0.229 e. The minimum atomic E-state index is -0.577. The summed E-state index contributed by atoms with van der Waals surface area (Å²) in [5.41, 5.74) is 4.73. The lowest BCUT2D eigenvalue weighted by Crippen LogP contribution is -2.52. The standard InChI is InChI=1S/C12H22N2O2/c1-11(2)8-3-4-12(11,9(15)7-8)10(16)14-6-5-13/h8-9,15H,3-7,13H2,1-2H3,(H,14,16)/t8-,9+,12+/m1/s1. The molecule has 2 aliphatic rings. The Balaban J connectivity index is 2.24. The van der Waals surface area contributed by atoms with Crippen molar-refractivity contribution < 1.29 is 9.90 Å². The molecule has 0 saturated heterocycles. The van der Waals surface area contributed by atoms with Crippen LogP contribution in [0.5, 0.6) is 0 Å². The SMILES string of the molecule is CC1(C)[C@@H]2CC[C@@]1(C(=O)NCCN)[C@@H](O)C2. The molecule has 16 heavy (non-hydrogen) atoms. The summed E-state index contributed by atoms with van der Waals surface area (Å²) in [7, 11) is 0. The number of carbonyl (C=O) groups is 1. The molecule has 1 amide bonds. The maximum absolute atomic E-state index is 12.3. The predicted molar refractivity (Wildman–Crippen MR) is 61.6 cm³/mol. The lowest BCUT2D eigenvalue weighted by atomic mass is 9.67. The molecule has 4 heteroatoms. The van der Waals surface area contributed by atoms with Crippen LogP contribution in [0.25, 0.3) is 0 Å². The van der Waals surface area contributed by atoms with E-state index < -0.39 is 11.5 Å². The van der Waals surface area contributed by atoms with E-state index in [9.17, 15) is 9.90 Å². The first kappa shape index (κ1) is 11.9. The van der Waals surface area contributed by atoms with Crippen LogP contribution in [0.4, 0.5) is 0 Å². The Bertz CT molecular complexity index is 303. The van der Waals surface area contributed by atoms with Crippen molar-refractivity contribution >= 4 is 5.91 Å². The highest BCUT2D eigenvalue weighted by Gasteiger charge is 2.67. The van der Waals surface area contributed by atoms with Gasteiger partial charge in [0.1, 0.15) is 0 Å². The average Bonchev–Trinajstić information content (AvgIpc) is 2.59. The van der Waals surface area contributed by atoms with E-state index in [1.807, 2.05) is 0 Å². The molecular formula is C12H22N2O2. The second kappa shape index (κ2) is 3.70. The van der Waals surface area contributed by atoms with E-state index in [1.165, 1.54) is 0 Å². The first-order valence-corrected chi connectivity index (χ1v) is 6.13. The van der Waals surface area contributed by atoms with Gasteiger partial charge in [-0.25, -0.2) is 0 Å². The molecule has 0 unspecified atom stereocenters. The van der Waals surface area contributed by atoms with Crippen LogP contribution >= 0.6 is 0 Å². The molecule has 0 aromatic heterocycles. The Morgan fingerprint density at radius 3 is 2.69 bits per heavy atom. The first-order valence-electron chi connectivity index (χ1n) is 6.13. The molecule has 0 aromatic rings. The molecule has 2 rings (SSSR count). The zero-order chi connectivity index (χ0) is 12.0. The van der Waals surface area contributed by atoms with Gasteiger partial charge in [-0.05, 0) is 30.6 Å². The molecule has 4 nitrogen and oxygen atoms in total. The number of fused-ring (bicyclic) bond motifs is 2. The molecule has 0 aromatic carbocycles. The summed E-state index contributed by atoms with van der Waals surface area (Å²) in [5, 5.41) is 13.0. The number of aliphatic hydroxyl groups is 1. The van der Waals surface area contributed by atoms with Crippen molar-refractivity contribution in [2.24, 2.45) is 22.5 Å². The van der Waals surface area contributed by atoms with Crippen molar-refractivity contribution in [2.45, 2.75) is 39.2 Å². The number of hydrogen-bond acceptors (Lipinski definition) is 3. The van der Waals surface area contributed by atoms with Gasteiger partial charge in [-0.15, -0.1) is 0 Å². The minimum absolute atomic E-state index is 0.00421. The van der Waals surface area contributed by atoms with E-state index in [-0.39, 0.29) is 11.3 Å². The van der Waals surface area contributed by atoms with Crippen molar-refractivity contribution in [3.63, 3.8) is 0 Å². The Kier molecular flexibility index (Phi) is 2.75. The lowest BCUT2D eigenvalue weighted by molar-refractivity contribution is -0.142. The van der Waals surface area contributed by atoms with E-state index >= 15 is 0 Å². The topological polar surface area (TPSA) is 75.4 Å². The van der Waals surface area contributed by atoms with Gasteiger partial charge in [-0.2, -0.15) is 0 Å². The van der Waals surface area contributed by atoms with Crippen LogP contribution in [0.1, 0.15) is 33.1 Å². The molecular weight excluding hydrogens is 204 g/mol. The highest BCUT2D eigenvalue weighted by atomic mass is 16.3. The first-order chi connectivity index (χ1) is 7.46. The van der Waals surface area contributed by atoms with Crippen LogP contribution in [0.2, 0.25) is 0 Å². The van der Waals surface area contributed by atoms with Gasteiger partial charge in [-0.3, -0.25) is 4.79 Å². The zero-order valence-electron chi connectivity index (χ0n) is 10.1. The number of nitrogens with one attached hydrogen (secondary N) is 1. The van der Waals surface area contributed by atoms with Crippen LogP contribution in [0.15, 0.2) is 0 Å². The quantitative estimate of drug-likeness (QED) is 0.645. The number of rotatable bonds is 3. The van der Waals surface area contributed by atoms with Crippen LogP contribution in [0, 0.1) is 16.7 Å². The van der Waals surface area contributed by atoms with Gasteiger partial charge in [0.15, 0.2) is 0 Å². The minimum Gasteiger partial charge on any atom is -0.392 e. The van der Waals surface area contributed by atoms with Gasteiger partial charge >= 0.3 is 0 Å². The lowest BCUT2D eigenvalue weighted by Gasteiger charge is -2.38. The maximum Gasteiger partial charge on any atom is 0.229 e. The second-order valence-corrected chi connectivity index (χ2v) is 5.72. The van der Waals surface area contributed by atoms with Crippen molar-refractivity contribution in [3.8, 4) is 0 Å². The predicted octanol–water partition coefficient (Wildman–Crippen LogP) is 0.249. The highest BCUT2D eigenvalue weighted by Crippen LogP contribution is 2.65. The molecule has 3 atom stereocenters. The normalized spacial score (nSPS) is 40.0. The molecule has 2 aliphatic carbocycles. The molecule has 0 spiro atoms. The number of aliphatic hydroxyl groups excluding tert-OH is 1. The molecule has 0 radical (unpaired) electrons. The van der Waals surface area contributed by atoms with E-state index in [1.54, 1.807) is 0 Å². The van der Waals surface area contributed by atoms with Crippen LogP contribution < -0.4 is 11.1 Å². The largest absolute Gasteiger partial charge is 0.392 e. The molecule has 2 fully saturated rings. The monoisotopic (exact) mass is 226 g/mol. The van der Waals surface area contributed by atoms with E-state index in [2.05, 4.69) is 19.2 Å². The zero-order valence-corrected chi connectivity index (χ0v) is 10.1. The Morgan fingerprint density at radius 1 is 1.56 bits per heavy atom. The number of nitrogens with two attached hydrogens (primary N) is 1. The Morgan fingerprint density at radius 2 is 2.25 bits per heavy atom. The third-order valence-corrected chi connectivity index (χ3v) is 4.97. The van der Waals surface area contributed by atoms with Gasteiger partial charge in [0, 0.05) is 13.1 Å². The summed E-state index contributed by atoms with van der Waals surface area (Å²) in [4.78, 5) is 12.3. The second-order valence-electron chi connectivity index (χ2n) is 5.72. The fourth-order valence-electron chi connectivity index (χ4n) is 3.83. The van der Waals surface area contributed by atoms with Crippen LogP contribution in [-0.4, -0.2) is 30.2 Å². The number of amides is 1. The molecule has 2 saturated carbocycles. The van der Waals surface area contributed by atoms with Gasteiger partial charge < -0.3 is 16.2 Å². The van der Waals surface area contributed by atoms with Crippen LogP contribution in [-0.2, 0) is 4.79 Å². The summed E-state index contributed by atoms with van der Waals surface area (Å²) in [6.45, 7) is 5.17. The summed E-state index contributed by atoms with van der Waals surface area (Å²) in [6.07, 6.45) is 2.14. The van der Waals surface area contributed by atoms with Crippen molar-refractivity contribution in [3.05, 3.63) is 0 Å². The summed E-state index contributed by atoms with van der Waals surface area (Å²) in [6, 6.07) is 0. The summed E-state index contributed by atoms with van der Waals surface area (Å²) >= 11 is 0. The maximum atomic E-state index is 12.3. The van der Waals surface area contributed by atoms with Crippen molar-refractivity contribution in [1.29, 1.82) is 0 Å². The number of hydrogen-bond donors (Lipinski definition) is 3. The van der Waals surface area contributed by atoms with E-state index in [4.69, 9.17) is 5.73 Å². The van der Waals surface area contributed by atoms with Gasteiger partial charge in [0.25, 0.3) is 0 Å². The fourth-order valence-corrected chi connectivity index (χ4v) is 3.83. The molecule has 92 valence electrons. The van der Waals surface area contributed by atoms with Gasteiger partial charge in [-0.1, -0.05) is 13.8 Å². The number of carbonyl (C=O) groups excluding carboxylic acids is 1. The van der Waals surface area contributed by atoms with Crippen molar-refractivity contribution in [1.82, 2.24) is 5.32 Å². The third kappa shape index (κ3) is 1.26. The van der Waals surface area contributed by atoms with E-state index in [0.29, 0.717) is 19.0 Å². The van der Waals surface area contributed by atoms with Crippen molar-refractivity contribution in [2.75, 3.05) is 13.1 Å². The van der Waals surface area contributed by atoms with Crippen LogP contribution in [0.3, 0.4) is 0 Å². The Hall–Kier alpha value is -0.610. The highest BCUT2D eigenvalue weighted by molar-refractivity contribution is 5.85. The average molecular weight is 226 g/mol. The molecule has 2 bridgehead atoms. The van der Waals surface area contributed by atoms with Gasteiger partial charge in [0.05, 0.1) is 11.5 Å². The third-order valence-electron chi connectivity index (χ3n) is 4.97.